The molecule has 0 spiro atoms. The second kappa shape index (κ2) is 5.00. The molecule has 90 valence electrons. The molecule has 3 nitrogen and oxygen atoms in total. The third-order valence-electron chi connectivity index (χ3n) is 3.81. The maximum atomic E-state index is 10.8. The van der Waals surface area contributed by atoms with Gasteiger partial charge in [-0.15, -0.1) is 0 Å². The normalized spacial score (nSPS) is 31.5. The van der Waals surface area contributed by atoms with E-state index in [0.29, 0.717) is 5.92 Å². The van der Waals surface area contributed by atoms with Crippen molar-refractivity contribution in [2.24, 2.45) is 17.8 Å². The predicted octanol–water partition coefficient (Wildman–Crippen LogP) is 2.00. The zero-order valence-corrected chi connectivity index (χ0v) is 9.93. The second-order valence-electron chi connectivity index (χ2n) is 5.17. The van der Waals surface area contributed by atoms with Gasteiger partial charge in [0.25, 0.3) is 0 Å². The zero-order chi connectivity index (χ0) is 11.5. The number of carbonyl (C=O) groups is 1. The fourth-order valence-electron chi connectivity index (χ4n) is 3.18. The fourth-order valence-corrected chi connectivity index (χ4v) is 3.18. The molecular weight excluding hydrogens is 202 g/mol. The zero-order valence-electron chi connectivity index (χ0n) is 9.93. The number of aliphatic carboxylic acids is 1. The molecule has 2 aliphatic rings. The SMILES string of the molecule is CCCN(CC(=O)O)CC1CC2C=CC1C2. The molecule has 0 amide bonds. The molecule has 0 aromatic rings. The largest absolute Gasteiger partial charge is 0.480 e. The first kappa shape index (κ1) is 11.6. The van der Waals surface area contributed by atoms with Crippen LogP contribution in [0.25, 0.3) is 0 Å². The molecule has 0 radical (unpaired) electrons. The average molecular weight is 223 g/mol. The summed E-state index contributed by atoms with van der Waals surface area (Å²) in [5.74, 6) is 1.49. The van der Waals surface area contributed by atoms with Crippen molar-refractivity contribution in [3.8, 4) is 0 Å². The Balaban J connectivity index is 1.85. The molecule has 0 aliphatic heterocycles. The van der Waals surface area contributed by atoms with Crippen LogP contribution in [0.15, 0.2) is 12.2 Å². The van der Waals surface area contributed by atoms with Crippen molar-refractivity contribution in [1.29, 1.82) is 0 Å². The van der Waals surface area contributed by atoms with Crippen molar-refractivity contribution in [1.82, 2.24) is 4.90 Å². The number of rotatable bonds is 6. The molecule has 3 heteroatoms. The lowest BCUT2D eigenvalue weighted by Crippen LogP contribution is -2.35. The van der Waals surface area contributed by atoms with Crippen LogP contribution < -0.4 is 0 Å². The minimum absolute atomic E-state index is 0.200. The number of hydrogen-bond acceptors (Lipinski definition) is 2. The Morgan fingerprint density at radius 2 is 2.25 bits per heavy atom. The van der Waals surface area contributed by atoms with Gasteiger partial charge in [-0.05, 0) is 43.6 Å². The van der Waals surface area contributed by atoms with Crippen LogP contribution in [0, 0.1) is 17.8 Å². The minimum Gasteiger partial charge on any atom is -0.480 e. The lowest BCUT2D eigenvalue weighted by atomic mass is 9.93. The van der Waals surface area contributed by atoms with Crippen LogP contribution in [0.4, 0.5) is 0 Å². The maximum absolute atomic E-state index is 10.8. The molecule has 16 heavy (non-hydrogen) atoms. The lowest BCUT2D eigenvalue weighted by molar-refractivity contribution is -0.138. The summed E-state index contributed by atoms with van der Waals surface area (Å²) in [5.41, 5.74) is 0. The third-order valence-corrected chi connectivity index (χ3v) is 3.81. The van der Waals surface area contributed by atoms with E-state index in [1.807, 2.05) is 0 Å². The molecule has 1 fully saturated rings. The molecule has 1 N–H and O–H groups in total. The van der Waals surface area contributed by atoms with Crippen LogP contribution in [-0.2, 0) is 4.79 Å². The first-order valence-corrected chi connectivity index (χ1v) is 6.31. The maximum Gasteiger partial charge on any atom is 0.317 e. The van der Waals surface area contributed by atoms with Gasteiger partial charge in [0.05, 0.1) is 6.54 Å². The first-order chi connectivity index (χ1) is 7.69. The topological polar surface area (TPSA) is 40.5 Å². The van der Waals surface area contributed by atoms with Crippen molar-refractivity contribution >= 4 is 5.97 Å². The highest BCUT2D eigenvalue weighted by Crippen LogP contribution is 2.43. The summed E-state index contributed by atoms with van der Waals surface area (Å²) >= 11 is 0. The van der Waals surface area contributed by atoms with Gasteiger partial charge in [-0.2, -0.15) is 0 Å². The highest BCUT2D eigenvalue weighted by Gasteiger charge is 2.36. The van der Waals surface area contributed by atoms with Crippen LogP contribution >= 0.6 is 0 Å². The molecule has 1 saturated carbocycles. The molecular formula is C13H21NO2. The van der Waals surface area contributed by atoms with E-state index in [0.717, 1.165) is 31.3 Å². The Labute approximate surface area is 97.1 Å². The second-order valence-corrected chi connectivity index (χ2v) is 5.17. The molecule has 2 bridgehead atoms. The summed E-state index contributed by atoms with van der Waals surface area (Å²) < 4.78 is 0. The smallest absolute Gasteiger partial charge is 0.317 e. The molecule has 3 atom stereocenters. The van der Waals surface area contributed by atoms with Gasteiger partial charge in [-0.25, -0.2) is 0 Å². The predicted molar refractivity (Wildman–Crippen MR) is 63.2 cm³/mol. The number of carboxylic acid groups (broad SMARTS) is 1. The summed E-state index contributed by atoms with van der Waals surface area (Å²) in [6.45, 7) is 4.18. The third kappa shape index (κ3) is 2.64. The first-order valence-electron chi connectivity index (χ1n) is 6.31. The van der Waals surface area contributed by atoms with Crippen LogP contribution in [0.1, 0.15) is 26.2 Å². The van der Waals surface area contributed by atoms with Gasteiger partial charge in [-0.1, -0.05) is 19.1 Å². The van der Waals surface area contributed by atoms with Crippen molar-refractivity contribution in [3.05, 3.63) is 12.2 Å². The van der Waals surface area contributed by atoms with Crippen molar-refractivity contribution in [2.75, 3.05) is 19.6 Å². The molecule has 2 aliphatic carbocycles. The Morgan fingerprint density at radius 3 is 2.75 bits per heavy atom. The monoisotopic (exact) mass is 223 g/mol. The minimum atomic E-state index is -0.702. The summed E-state index contributed by atoms with van der Waals surface area (Å²) in [4.78, 5) is 12.9. The van der Waals surface area contributed by atoms with Gasteiger partial charge in [0, 0.05) is 6.54 Å². The van der Waals surface area contributed by atoms with Crippen molar-refractivity contribution in [3.63, 3.8) is 0 Å². The summed E-state index contributed by atoms with van der Waals surface area (Å²) in [6.07, 6.45) is 8.27. The van der Waals surface area contributed by atoms with Gasteiger partial charge in [0.15, 0.2) is 0 Å². The van der Waals surface area contributed by atoms with E-state index in [-0.39, 0.29) is 6.54 Å². The van der Waals surface area contributed by atoms with E-state index in [9.17, 15) is 4.79 Å². The van der Waals surface area contributed by atoms with Crippen molar-refractivity contribution in [2.45, 2.75) is 26.2 Å². The quantitative estimate of drug-likeness (QED) is 0.700. The summed E-state index contributed by atoms with van der Waals surface area (Å²) in [7, 11) is 0. The lowest BCUT2D eigenvalue weighted by Gasteiger charge is -2.26. The Bertz CT molecular complexity index is 288. The number of fused-ring (bicyclic) bond motifs is 2. The highest BCUT2D eigenvalue weighted by molar-refractivity contribution is 5.69. The Morgan fingerprint density at radius 1 is 1.44 bits per heavy atom. The van der Waals surface area contributed by atoms with E-state index in [1.54, 1.807) is 0 Å². The highest BCUT2D eigenvalue weighted by atomic mass is 16.4. The van der Waals surface area contributed by atoms with Gasteiger partial charge in [-0.3, -0.25) is 9.69 Å². The van der Waals surface area contributed by atoms with Gasteiger partial charge >= 0.3 is 5.97 Å². The molecule has 0 aromatic heterocycles. The fraction of sp³-hybridized carbons (Fsp3) is 0.769. The van der Waals surface area contributed by atoms with Gasteiger partial charge in [0.1, 0.15) is 0 Å². The van der Waals surface area contributed by atoms with Gasteiger partial charge < -0.3 is 5.11 Å². The van der Waals surface area contributed by atoms with Gasteiger partial charge in [0.2, 0.25) is 0 Å². The average Bonchev–Trinajstić information content (AvgIpc) is 2.78. The summed E-state index contributed by atoms with van der Waals surface area (Å²) in [5, 5.41) is 8.86. The molecule has 0 heterocycles. The van der Waals surface area contributed by atoms with E-state index >= 15 is 0 Å². The van der Waals surface area contributed by atoms with E-state index < -0.39 is 5.97 Å². The number of hydrogen-bond donors (Lipinski definition) is 1. The van der Waals surface area contributed by atoms with E-state index in [4.69, 9.17) is 5.11 Å². The number of carboxylic acids is 1. The Kier molecular flexibility index (Phi) is 3.64. The van der Waals surface area contributed by atoms with Crippen molar-refractivity contribution < 1.29 is 9.90 Å². The van der Waals surface area contributed by atoms with E-state index in [2.05, 4.69) is 24.0 Å². The molecule has 3 unspecified atom stereocenters. The molecule has 0 aromatic carbocycles. The molecule has 0 saturated heterocycles. The number of nitrogens with zero attached hydrogens (tertiary/aromatic N) is 1. The number of allylic oxidation sites excluding steroid dienone is 2. The van der Waals surface area contributed by atoms with E-state index in [1.165, 1.54) is 12.8 Å². The summed E-state index contributed by atoms with van der Waals surface area (Å²) in [6, 6.07) is 0. The van der Waals surface area contributed by atoms with Crippen LogP contribution in [0.2, 0.25) is 0 Å². The Hall–Kier alpha value is -0.830. The molecule has 2 rings (SSSR count). The standard InChI is InChI=1S/C13H21NO2/c1-2-5-14(9-13(15)16)8-12-7-10-3-4-11(12)6-10/h3-4,10-12H,2,5-9H2,1H3,(H,15,16). The van der Waals surface area contributed by atoms with Crippen LogP contribution in [0.5, 0.6) is 0 Å². The van der Waals surface area contributed by atoms with Crippen LogP contribution in [-0.4, -0.2) is 35.6 Å². The van der Waals surface area contributed by atoms with Crippen LogP contribution in [0.3, 0.4) is 0 Å².